The van der Waals surface area contributed by atoms with Crippen molar-refractivity contribution in [1.82, 2.24) is 10.2 Å². The zero-order valence-electron chi connectivity index (χ0n) is 11.6. The Morgan fingerprint density at radius 1 is 1.58 bits per heavy atom. The van der Waals surface area contributed by atoms with Gasteiger partial charge in [0, 0.05) is 23.9 Å². The van der Waals surface area contributed by atoms with Gasteiger partial charge in [-0.1, -0.05) is 13.0 Å². The van der Waals surface area contributed by atoms with E-state index in [1.807, 2.05) is 4.90 Å². The van der Waals surface area contributed by atoms with Crippen molar-refractivity contribution in [2.24, 2.45) is 11.8 Å². The molecule has 1 fully saturated rings. The molecule has 1 aliphatic heterocycles. The molecule has 0 aliphatic carbocycles. The minimum absolute atomic E-state index is 0. The second kappa shape index (κ2) is 7.88. The van der Waals surface area contributed by atoms with E-state index in [2.05, 4.69) is 36.7 Å². The highest BCUT2D eigenvalue weighted by atomic mass is 35.5. The van der Waals surface area contributed by atoms with E-state index < -0.39 is 0 Å². The lowest BCUT2D eigenvalue weighted by Crippen LogP contribution is -2.50. The number of carbonyl (C=O) groups excluding carboxylic acids is 1. The lowest BCUT2D eigenvalue weighted by molar-refractivity contribution is -0.137. The first-order valence-corrected chi connectivity index (χ1v) is 7.62. The zero-order chi connectivity index (χ0) is 13.0. The van der Waals surface area contributed by atoms with Crippen molar-refractivity contribution >= 4 is 29.7 Å². The van der Waals surface area contributed by atoms with Crippen LogP contribution in [0.5, 0.6) is 0 Å². The van der Waals surface area contributed by atoms with Crippen LogP contribution in [0.3, 0.4) is 0 Å². The first-order chi connectivity index (χ1) is 8.72. The number of carbonyl (C=O) groups is 1. The summed E-state index contributed by atoms with van der Waals surface area (Å²) in [6.07, 6.45) is 0.979. The average molecular weight is 303 g/mol. The SMILES string of the molecule is CCN(CCc1cccs1)C(=O)C(C)C1CNC1.Cl. The molecule has 1 N–H and O–H groups in total. The number of hydrogen-bond donors (Lipinski definition) is 1. The zero-order valence-corrected chi connectivity index (χ0v) is 13.2. The third kappa shape index (κ3) is 4.20. The molecule has 1 aliphatic rings. The number of nitrogens with one attached hydrogen (secondary N) is 1. The molecule has 108 valence electrons. The van der Waals surface area contributed by atoms with Crippen LogP contribution in [0, 0.1) is 11.8 Å². The third-order valence-electron chi connectivity index (χ3n) is 3.81. The average Bonchev–Trinajstić information content (AvgIpc) is 2.80. The molecule has 19 heavy (non-hydrogen) atoms. The largest absolute Gasteiger partial charge is 0.342 e. The monoisotopic (exact) mass is 302 g/mol. The molecule has 1 amide bonds. The fraction of sp³-hybridized carbons (Fsp3) is 0.643. The topological polar surface area (TPSA) is 32.3 Å². The molecular weight excluding hydrogens is 280 g/mol. The minimum Gasteiger partial charge on any atom is -0.342 e. The highest BCUT2D eigenvalue weighted by Gasteiger charge is 2.30. The molecule has 0 saturated carbocycles. The number of nitrogens with zero attached hydrogens (tertiary/aromatic N) is 1. The van der Waals surface area contributed by atoms with Gasteiger partial charge in [-0.05, 0) is 43.8 Å². The van der Waals surface area contributed by atoms with Crippen molar-refractivity contribution < 1.29 is 4.79 Å². The van der Waals surface area contributed by atoms with Gasteiger partial charge in [0.2, 0.25) is 5.91 Å². The van der Waals surface area contributed by atoms with E-state index in [-0.39, 0.29) is 18.3 Å². The first-order valence-electron chi connectivity index (χ1n) is 6.74. The van der Waals surface area contributed by atoms with Gasteiger partial charge in [-0.2, -0.15) is 0 Å². The number of rotatable bonds is 6. The van der Waals surface area contributed by atoms with Crippen LogP contribution in [0.4, 0.5) is 0 Å². The standard InChI is InChI=1S/C14H22N2OS.ClH/c1-3-16(7-6-13-5-4-8-18-13)14(17)11(2)12-9-15-10-12;/h4-5,8,11-12,15H,3,6-7,9-10H2,1-2H3;1H. The second-order valence-electron chi connectivity index (χ2n) is 4.95. The van der Waals surface area contributed by atoms with Crippen LogP contribution in [-0.2, 0) is 11.2 Å². The predicted molar refractivity (Wildman–Crippen MR) is 83.0 cm³/mol. The normalized spacial score (nSPS) is 16.3. The minimum atomic E-state index is 0. The summed E-state index contributed by atoms with van der Waals surface area (Å²) in [4.78, 5) is 15.7. The Morgan fingerprint density at radius 3 is 2.79 bits per heavy atom. The quantitative estimate of drug-likeness (QED) is 0.875. The van der Waals surface area contributed by atoms with Gasteiger partial charge in [-0.15, -0.1) is 23.7 Å². The molecule has 5 heteroatoms. The Bertz CT molecular complexity index is 379. The third-order valence-corrected chi connectivity index (χ3v) is 4.75. The Hall–Kier alpha value is -0.580. The van der Waals surface area contributed by atoms with E-state index in [0.29, 0.717) is 11.8 Å². The summed E-state index contributed by atoms with van der Waals surface area (Å²) in [5.41, 5.74) is 0. The lowest BCUT2D eigenvalue weighted by Gasteiger charge is -2.34. The van der Waals surface area contributed by atoms with Crippen molar-refractivity contribution in [3.63, 3.8) is 0 Å². The number of hydrogen-bond acceptors (Lipinski definition) is 3. The van der Waals surface area contributed by atoms with Crippen LogP contribution in [-0.4, -0.2) is 37.0 Å². The Labute approximate surface area is 125 Å². The second-order valence-corrected chi connectivity index (χ2v) is 5.99. The fourth-order valence-electron chi connectivity index (χ4n) is 2.28. The highest BCUT2D eigenvalue weighted by molar-refractivity contribution is 7.09. The van der Waals surface area contributed by atoms with Gasteiger partial charge in [-0.3, -0.25) is 4.79 Å². The van der Waals surface area contributed by atoms with Crippen LogP contribution in [0.1, 0.15) is 18.7 Å². The van der Waals surface area contributed by atoms with Gasteiger partial charge < -0.3 is 10.2 Å². The summed E-state index contributed by atoms with van der Waals surface area (Å²) >= 11 is 1.77. The van der Waals surface area contributed by atoms with Gasteiger partial charge in [0.1, 0.15) is 0 Å². The molecular formula is C14H23ClN2OS. The fourth-order valence-corrected chi connectivity index (χ4v) is 2.98. The Morgan fingerprint density at radius 2 is 2.32 bits per heavy atom. The molecule has 1 atom stereocenters. The van der Waals surface area contributed by atoms with Crippen LogP contribution < -0.4 is 5.32 Å². The van der Waals surface area contributed by atoms with Crippen molar-refractivity contribution in [2.75, 3.05) is 26.2 Å². The number of likely N-dealkylation sites (N-methyl/N-ethyl adjacent to an activating group) is 1. The maximum atomic E-state index is 12.4. The molecule has 1 saturated heterocycles. The van der Waals surface area contributed by atoms with E-state index >= 15 is 0 Å². The molecule has 1 aromatic heterocycles. The molecule has 0 bridgehead atoms. The van der Waals surface area contributed by atoms with E-state index in [9.17, 15) is 4.79 Å². The predicted octanol–water partition coefficient (Wildman–Crippen LogP) is 2.42. The van der Waals surface area contributed by atoms with Gasteiger partial charge >= 0.3 is 0 Å². The van der Waals surface area contributed by atoms with Crippen LogP contribution in [0.15, 0.2) is 17.5 Å². The maximum absolute atomic E-state index is 12.4. The number of amides is 1. The van der Waals surface area contributed by atoms with Crippen molar-refractivity contribution in [3.05, 3.63) is 22.4 Å². The molecule has 1 aromatic rings. The molecule has 0 radical (unpaired) electrons. The van der Waals surface area contributed by atoms with Gasteiger partial charge in [0.25, 0.3) is 0 Å². The maximum Gasteiger partial charge on any atom is 0.225 e. The summed E-state index contributed by atoms with van der Waals surface area (Å²) in [5.74, 6) is 1.02. The van der Waals surface area contributed by atoms with Crippen molar-refractivity contribution in [2.45, 2.75) is 20.3 Å². The summed E-state index contributed by atoms with van der Waals surface area (Å²) in [5, 5.41) is 5.33. The number of halogens is 1. The smallest absolute Gasteiger partial charge is 0.225 e. The molecule has 1 unspecified atom stereocenters. The summed E-state index contributed by atoms with van der Waals surface area (Å²) in [6, 6.07) is 4.21. The highest BCUT2D eigenvalue weighted by Crippen LogP contribution is 2.19. The Balaban J connectivity index is 0.00000180. The summed E-state index contributed by atoms with van der Waals surface area (Å²) in [7, 11) is 0. The van der Waals surface area contributed by atoms with E-state index in [1.54, 1.807) is 11.3 Å². The molecule has 3 nitrogen and oxygen atoms in total. The lowest BCUT2D eigenvalue weighted by atomic mass is 9.88. The van der Waals surface area contributed by atoms with Crippen LogP contribution >= 0.6 is 23.7 Å². The summed E-state index contributed by atoms with van der Waals surface area (Å²) in [6.45, 7) is 7.79. The summed E-state index contributed by atoms with van der Waals surface area (Å²) < 4.78 is 0. The molecule has 0 aromatic carbocycles. The van der Waals surface area contributed by atoms with E-state index in [4.69, 9.17) is 0 Å². The van der Waals surface area contributed by atoms with Crippen LogP contribution in [0.2, 0.25) is 0 Å². The Kier molecular flexibility index (Phi) is 6.83. The first kappa shape index (κ1) is 16.5. The molecule has 0 spiro atoms. The van der Waals surface area contributed by atoms with Crippen molar-refractivity contribution in [3.8, 4) is 0 Å². The number of thiophene rings is 1. The van der Waals surface area contributed by atoms with Gasteiger partial charge in [-0.25, -0.2) is 0 Å². The molecule has 2 rings (SSSR count). The van der Waals surface area contributed by atoms with Crippen LogP contribution in [0.25, 0.3) is 0 Å². The van der Waals surface area contributed by atoms with Gasteiger partial charge in [0.05, 0.1) is 0 Å². The van der Waals surface area contributed by atoms with Crippen molar-refractivity contribution in [1.29, 1.82) is 0 Å². The van der Waals surface area contributed by atoms with Gasteiger partial charge in [0.15, 0.2) is 0 Å². The van der Waals surface area contributed by atoms with E-state index in [0.717, 1.165) is 32.6 Å². The molecule has 2 heterocycles. The van der Waals surface area contributed by atoms with E-state index in [1.165, 1.54) is 4.88 Å².